The van der Waals surface area contributed by atoms with Gasteiger partial charge in [0, 0.05) is 5.75 Å². The molecule has 0 spiro atoms. The van der Waals surface area contributed by atoms with Gasteiger partial charge in [0.05, 0.1) is 11.2 Å². The van der Waals surface area contributed by atoms with Crippen LogP contribution in [0.4, 0.5) is 0 Å². The molecule has 21 heavy (non-hydrogen) atoms. The topological polar surface area (TPSA) is 71.4 Å². The molecule has 0 bridgehead atoms. The first-order chi connectivity index (χ1) is 9.88. The number of fused-ring (bicyclic) bond motifs is 1. The molecule has 1 aliphatic carbocycles. The quantitative estimate of drug-likeness (QED) is 0.876. The molecule has 5 heteroatoms. The largest absolute Gasteiger partial charge is 0.481 e. The van der Waals surface area contributed by atoms with E-state index >= 15 is 0 Å². The third-order valence-electron chi connectivity index (χ3n) is 4.52. The first-order valence-corrected chi connectivity index (χ1v) is 9.21. The van der Waals surface area contributed by atoms with Crippen molar-refractivity contribution in [3.63, 3.8) is 0 Å². The number of aryl methyl sites for hydroxylation is 1. The van der Waals surface area contributed by atoms with Crippen LogP contribution in [0.3, 0.4) is 0 Å². The van der Waals surface area contributed by atoms with Gasteiger partial charge in [-0.25, -0.2) is 8.42 Å². The molecule has 0 amide bonds. The minimum absolute atomic E-state index is 0.0835. The number of sulfone groups is 1. The zero-order valence-electron chi connectivity index (χ0n) is 12.3. The molecule has 0 aliphatic heterocycles. The molecule has 1 aliphatic rings. The third kappa shape index (κ3) is 3.64. The Morgan fingerprint density at radius 3 is 2.57 bits per heavy atom. The molecule has 1 aromatic rings. The van der Waals surface area contributed by atoms with Gasteiger partial charge in [0.25, 0.3) is 0 Å². The summed E-state index contributed by atoms with van der Waals surface area (Å²) < 4.78 is 23.1. The van der Waals surface area contributed by atoms with E-state index in [0.717, 1.165) is 12.0 Å². The Morgan fingerprint density at radius 2 is 1.95 bits per heavy atom. The van der Waals surface area contributed by atoms with E-state index in [4.69, 9.17) is 0 Å². The van der Waals surface area contributed by atoms with E-state index < -0.39 is 21.2 Å². The van der Waals surface area contributed by atoms with Gasteiger partial charge in [-0.15, -0.1) is 0 Å². The van der Waals surface area contributed by atoms with Crippen molar-refractivity contribution in [1.82, 2.24) is 0 Å². The average Bonchev–Trinajstić information content (AvgIpc) is 2.46. The third-order valence-corrected chi connectivity index (χ3v) is 6.31. The van der Waals surface area contributed by atoms with Crippen LogP contribution >= 0.6 is 0 Å². The molecule has 1 N–H and O–H groups in total. The molecule has 0 fully saturated rings. The fraction of sp³-hybridized carbons (Fsp3) is 0.562. The average molecular weight is 310 g/mol. The van der Waals surface area contributed by atoms with Crippen LogP contribution < -0.4 is 0 Å². The van der Waals surface area contributed by atoms with E-state index in [2.05, 4.69) is 0 Å². The fourth-order valence-corrected chi connectivity index (χ4v) is 3.95. The second-order valence-corrected chi connectivity index (χ2v) is 8.34. The van der Waals surface area contributed by atoms with Crippen LogP contribution in [-0.2, 0) is 27.5 Å². The molecule has 1 unspecified atom stereocenters. The normalized spacial score (nSPS) is 21.8. The highest BCUT2D eigenvalue weighted by atomic mass is 32.2. The van der Waals surface area contributed by atoms with Crippen LogP contribution in [0.25, 0.3) is 0 Å². The van der Waals surface area contributed by atoms with Crippen molar-refractivity contribution < 1.29 is 18.3 Å². The molecule has 116 valence electrons. The highest BCUT2D eigenvalue weighted by molar-refractivity contribution is 7.91. The van der Waals surface area contributed by atoms with Crippen LogP contribution in [0, 0.1) is 5.41 Å². The number of carboxylic acids is 1. The van der Waals surface area contributed by atoms with E-state index in [1.54, 1.807) is 6.92 Å². The number of carboxylic acid groups (broad SMARTS) is 1. The summed E-state index contributed by atoms with van der Waals surface area (Å²) in [6.07, 6.45) is 2.69. The predicted octanol–water partition coefficient (Wildman–Crippen LogP) is 2.46. The van der Waals surface area contributed by atoms with Crippen molar-refractivity contribution >= 4 is 15.8 Å². The minimum Gasteiger partial charge on any atom is -0.481 e. The van der Waals surface area contributed by atoms with Gasteiger partial charge in [-0.3, -0.25) is 4.79 Å². The maximum absolute atomic E-state index is 11.8. The number of aliphatic carboxylic acids is 1. The number of carbonyl (C=O) groups is 1. The van der Waals surface area contributed by atoms with Crippen LogP contribution in [-0.4, -0.2) is 31.0 Å². The Bertz CT molecular complexity index is 621. The number of benzene rings is 1. The smallest absolute Gasteiger partial charge is 0.309 e. The van der Waals surface area contributed by atoms with Crippen LogP contribution in [0.5, 0.6) is 0 Å². The van der Waals surface area contributed by atoms with E-state index in [0.29, 0.717) is 25.7 Å². The van der Waals surface area contributed by atoms with Gasteiger partial charge in [-0.05, 0) is 43.2 Å². The first-order valence-electron chi connectivity index (χ1n) is 7.39. The standard InChI is InChI=1S/C16H22O4S/c1-2-21(19,20)11-5-9-16(15(17)18)10-8-13-6-3-4-7-14(13)12-16/h3-4,6-7H,2,5,8-12H2,1H3,(H,17,18). The molecule has 0 saturated carbocycles. The van der Waals surface area contributed by atoms with Crippen LogP contribution in [0.2, 0.25) is 0 Å². The second-order valence-electron chi connectivity index (χ2n) is 5.87. The van der Waals surface area contributed by atoms with Gasteiger partial charge in [-0.2, -0.15) is 0 Å². The summed E-state index contributed by atoms with van der Waals surface area (Å²) in [6.45, 7) is 1.62. The zero-order chi connectivity index (χ0) is 15.5. The van der Waals surface area contributed by atoms with Crippen molar-refractivity contribution in [2.45, 2.75) is 39.0 Å². The summed E-state index contributed by atoms with van der Waals surface area (Å²) in [5.41, 5.74) is 1.50. The van der Waals surface area contributed by atoms with Crippen molar-refractivity contribution in [2.24, 2.45) is 5.41 Å². The van der Waals surface area contributed by atoms with Crippen molar-refractivity contribution in [3.05, 3.63) is 35.4 Å². The van der Waals surface area contributed by atoms with Crippen molar-refractivity contribution in [1.29, 1.82) is 0 Å². The lowest BCUT2D eigenvalue weighted by Gasteiger charge is -2.34. The molecule has 1 atom stereocenters. The van der Waals surface area contributed by atoms with Gasteiger partial charge < -0.3 is 5.11 Å². The van der Waals surface area contributed by atoms with E-state index in [1.165, 1.54) is 5.56 Å². The van der Waals surface area contributed by atoms with E-state index in [-0.39, 0.29) is 11.5 Å². The lowest BCUT2D eigenvalue weighted by atomic mass is 9.69. The predicted molar refractivity (Wildman–Crippen MR) is 82.1 cm³/mol. The van der Waals surface area contributed by atoms with Crippen molar-refractivity contribution in [2.75, 3.05) is 11.5 Å². The second kappa shape index (κ2) is 6.18. The molecule has 0 radical (unpaired) electrons. The van der Waals surface area contributed by atoms with Gasteiger partial charge in [0.1, 0.15) is 9.84 Å². The van der Waals surface area contributed by atoms with E-state index in [1.807, 2.05) is 24.3 Å². The molecule has 0 saturated heterocycles. The van der Waals surface area contributed by atoms with Crippen molar-refractivity contribution in [3.8, 4) is 0 Å². The lowest BCUT2D eigenvalue weighted by molar-refractivity contribution is -0.150. The van der Waals surface area contributed by atoms with Gasteiger partial charge in [0.2, 0.25) is 0 Å². The molecule has 1 aromatic carbocycles. The molecule has 2 rings (SSSR count). The Morgan fingerprint density at radius 1 is 1.29 bits per heavy atom. The van der Waals surface area contributed by atoms with E-state index in [9.17, 15) is 18.3 Å². The lowest BCUT2D eigenvalue weighted by Crippen LogP contribution is -2.37. The maximum atomic E-state index is 11.8. The molecular formula is C16H22O4S. The number of hydrogen-bond donors (Lipinski definition) is 1. The molecular weight excluding hydrogens is 288 g/mol. The summed E-state index contributed by atoms with van der Waals surface area (Å²) >= 11 is 0. The summed E-state index contributed by atoms with van der Waals surface area (Å²) in [4.78, 5) is 11.8. The summed E-state index contributed by atoms with van der Waals surface area (Å²) in [6, 6.07) is 7.93. The maximum Gasteiger partial charge on any atom is 0.309 e. The van der Waals surface area contributed by atoms with Gasteiger partial charge in [-0.1, -0.05) is 31.2 Å². The van der Waals surface area contributed by atoms with Crippen LogP contribution in [0.15, 0.2) is 24.3 Å². The molecule has 4 nitrogen and oxygen atoms in total. The molecule has 0 heterocycles. The highest BCUT2D eigenvalue weighted by Crippen LogP contribution is 2.39. The Balaban J connectivity index is 2.11. The summed E-state index contributed by atoms with van der Waals surface area (Å²) in [5.74, 6) is -0.596. The van der Waals surface area contributed by atoms with Gasteiger partial charge in [0.15, 0.2) is 0 Å². The fourth-order valence-electron chi connectivity index (χ4n) is 3.08. The minimum atomic E-state index is -3.03. The SMILES string of the molecule is CCS(=O)(=O)CCCC1(C(=O)O)CCc2ccccc2C1. The monoisotopic (exact) mass is 310 g/mol. The first kappa shape index (κ1) is 16.0. The summed E-state index contributed by atoms with van der Waals surface area (Å²) in [7, 11) is -3.03. The Hall–Kier alpha value is -1.36. The molecule has 0 aromatic heterocycles. The zero-order valence-corrected chi connectivity index (χ0v) is 13.2. The number of rotatable bonds is 6. The van der Waals surface area contributed by atoms with Gasteiger partial charge >= 0.3 is 5.97 Å². The van der Waals surface area contributed by atoms with Crippen LogP contribution in [0.1, 0.15) is 37.3 Å². The summed E-state index contributed by atoms with van der Waals surface area (Å²) in [5, 5.41) is 9.65. The Labute approximate surface area is 126 Å². The highest BCUT2D eigenvalue weighted by Gasteiger charge is 2.40. The number of hydrogen-bond acceptors (Lipinski definition) is 3. The Kier molecular flexibility index (Phi) is 4.71.